The number of fused-ring (bicyclic) bond motifs is 7. The zero-order chi connectivity index (χ0) is 55.0. The van der Waals surface area contributed by atoms with Crippen molar-refractivity contribution in [2.75, 3.05) is 19.6 Å². The fraction of sp³-hybridized carbons (Fsp3) is 0.280. The largest absolute Gasteiger partial charge is 0.311 e. The predicted octanol–water partition coefficient (Wildman–Crippen LogP) is 18.5. The molecule has 0 saturated heterocycles. The fourth-order valence-electron chi connectivity index (χ4n) is 14.9. The average Bonchev–Trinajstić information content (AvgIpc) is 3.68. The van der Waals surface area contributed by atoms with E-state index in [4.69, 9.17) is 0 Å². The average molecular weight is 1040 g/mol. The Hall–Kier alpha value is -7.76. The smallest absolute Gasteiger partial charge is 0.252 e. The lowest BCUT2D eigenvalue weighted by Crippen LogP contribution is -2.62. The van der Waals surface area contributed by atoms with Crippen molar-refractivity contribution in [3.8, 4) is 0 Å². The molecule has 0 unspecified atom stereocenters. The van der Waals surface area contributed by atoms with E-state index in [0.717, 1.165) is 72.6 Å². The summed E-state index contributed by atoms with van der Waals surface area (Å²) in [7, 11) is 0. The van der Waals surface area contributed by atoms with Crippen LogP contribution in [0.4, 0.5) is 68.2 Å². The number of aryl methyl sites for hydroxylation is 4. The molecule has 2 heterocycles. The van der Waals surface area contributed by atoms with E-state index in [1.807, 2.05) is 0 Å². The van der Waals surface area contributed by atoms with Crippen molar-refractivity contribution in [3.05, 3.63) is 233 Å². The highest BCUT2D eigenvalue weighted by atomic mass is 15.2. The summed E-state index contributed by atoms with van der Waals surface area (Å²) < 4.78 is 0. The quantitative estimate of drug-likeness (QED) is 0.141. The number of para-hydroxylation sites is 4. The maximum absolute atomic E-state index is 2.74. The Labute approximate surface area is 476 Å². The van der Waals surface area contributed by atoms with E-state index >= 15 is 0 Å². The first kappa shape index (κ1) is 50.5. The van der Waals surface area contributed by atoms with Gasteiger partial charge in [0.15, 0.2) is 0 Å². The van der Waals surface area contributed by atoms with Crippen LogP contribution in [0.1, 0.15) is 132 Å². The summed E-state index contributed by atoms with van der Waals surface area (Å²) in [6, 6.07) is 72.2. The summed E-state index contributed by atoms with van der Waals surface area (Å²) in [5.74, 6) is 0. The molecule has 3 aliphatic carbocycles. The highest BCUT2D eigenvalue weighted by molar-refractivity contribution is 7.00. The summed E-state index contributed by atoms with van der Waals surface area (Å²) in [5, 5.41) is 0. The Morgan fingerprint density at radius 2 is 0.713 bits per heavy atom. The standard InChI is InChI=1S/C75H75BN4/c1-49-40-51-24-23-25-52(51)42-65(49)79-68-48-62-60(73(5,6)37-39-75(62,9)10)46-64(68)76-63-35-34-57(77(53-26-15-11-16-27-53)54-28-17-12-18-29-54)43-67(63)80(66-47-61-59(41-50(66)2)72(3,4)36-38-74(61,7)8)70-45-58(44-69(79)71(70)76)78(55-30-19-13-20-31-55)56-32-21-14-22-33-56/h11-22,26-35,40-48H,23-25,36-39H2,1-10H3. The number of hydrogen-bond acceptors (Lipinski definition) is 4. The summed E-state index contributed by atoms with van der Waals surface area (Å²) in [5.41, 5.74) is 29.9. The Bertz CT molecular complexity index is 3830. The third kappa shape index (κ3) is 8.00. The normalized spacial score (nSPS) is 17.4. The van der Waals surface area contributed by atoms with Gasteiger partial charge in [-0.25, -0.2) is 0 Å². The van der Waals surface area contributed by atoms with Crippen LogP contribution >= 0.6 is 0 Å². The van der Waals surface area contributed by atoms with Crippen LogP contribution < -0.4 is 36.0 Å². The molecule has 9 aromatic rings. The zero-order valence-corrected chi connectivity index (χ0v) is 48.7. The molecule has 0 radical (unpaired) electrons. The van der Waals surface area contributed by atoms with Crippen molar-refractivity contribution >= 4 is 91.3 Å². The van der Waals surface area contributed by atoms with Crippen molar-refractivity contribution in [1.82, 2.24) is 0 Å². The molecule has 0 fully saturated rings. The van der Waals surface area contributed by atoms with Crippen LogP contribution in [0.3, 0.4) is 0 Å². The molecule has 0 saturated carbocycles. The van der Waals surface area contributed by atoms with Gasteiger partial charge < -0.3 is 19.6 Å². The molecule has 0 aromatic heterocycles. The van der Waals surface area contributed by atoms with Crippen molar-refractivity contribution in [2.24, 2.45) is 0 Å². The highest BCUT2D eigenvalue weighted by Gasteiger charge is 2.48. The van der Waals surface area contributed by atoms with Crippen LogP contribution in [0.2, 0.25) is 0 Å². The number of rotatable bonds is 8. The van der Waals surface area contributed by atoms with E-state index in [0.29, 0.717) is 0 Å². The lowest BCUT2D eigenvalue weighted by Gasteiger charge is -2.48. The summed E-state index contributed by atoms with van der Waals surface area (Å²) in [6.45, 7) is 24.5. The van der Waals surface area contributed by atoms with E-state index < -0.39 is 0 Å². The number of anilines is 12. The minimum Gasteiger partial charge on any atom is -0.311 e. The van der Waals surface area contributed by atoms with E-state index in [1.54, 1.807) is 0 Å². The number of benzene rings is 9. The van der Waals surface area contributed by atoms with Crippen LogP contribution in [0.5, 0.6) is 0 Å². The number of nitrogens with zero attached hydrogens (tertiary/aromatic N) is 4. The molecular formula is C75H75BN4. The van der Waals surface area contributed by atoms with E-state index in [1.165, 1.54) is 101 Å². The van der Waals surface area contributed by atoms with Crippen molar-refractivity contribution in [2.45, 2.75) is 136 Å². The van der Waals surface area contributed by atoms with E-state index in [2.05, 4.69) is 277 Å². The first-order valence-electron chi connectivity index (χ1n) is 29.7. The Kier molecular flexibility index (Phi) is 11.6. The van der Waals surface area contributed by atoms with Crippen molar-refractivity contribution in [3.63, 3.8) is 0 Å². The molecule has 0 amide bonds. The maximum atomic E-state index is 2.74. The van der Waals surface area contributed by atoms with Gasteiger partial charge in [-0.2, -0.15) is 0 Å². The van der Waals surface area contributed by atoms with E-state index in [9.17, 15) is 0 Å². The second-order valence-electron chi connectivity index (χ2n) is 26.7. The van der Waals surface area contributed by atoms with Gasteiger partial charge in [-0.05, 0) is 232 Å². The third-order valence-corrected chi connectivity index (χ3v) is 19.6. The highest BCUT2D eigenvalue weighted by Crippen LogP contribution is 2.55. The Balaban J connectivity index is 1.15. The minimum atomic E-state index is -0.0708. The fourth-order valence-corrected chi connectivity index (χ4v) is 14.9. The van der Waals surface area contributed by atoms with Gasteiger partial charge in [0.2, 0.25) is 0 Å². The van der Waals surface area contributed by atoms with Gasteiger partial charge in [-0.15, -0.1) is 0 Å². The molecule has 14 rings (SSSR count). The first-order valence-corrected chi connectivity index (χ1v) is 29.7. The van der Waals surface area contributed by atoms with Crippen LogP contribution in [-0.2, 0) is 34.5 Å². The molecule has 2 aliphatic heterocycles. The Morgan fingerprint density at radius 1 is 0.338 bits per heavy atom. The summed E-state index contributed by atoms with van der Waals surface area (Å²) in [4.78, 5) is 10.4. The zero-order valence-electron chi connectivity index (χ0n) is 48.7. The van der Waals surface area contributed by atoms with Crippen LogP contribution in [-0.4, -0.2) is 6.71 Å². The molecule has 398 valence electrons. The van der Waals surface area contributed by atoms with Gasteiger partial charge in [0.05, 0.1) is 5.69 Å². The van der Waals surface area contributed by atoms with Crippen LogP contribution in [0.15, 0.2) is 188 Å². The lowest BCUT2D eigenvalue weighted by molar-refractivity contribution is 0.332. The third-order valence-electron chi connectivity index (χ3n) is 19.6. The van der Waals surface area contributed by atoms with Crippen molar-refractivity contribution in [1.29, 1.82) is 0 Å². The predicted molar refractivity (Wildman–Crippen MR) is 342 cm³/mol. The molecule has 0 bridgehead atoms. The second kappa shape index (κ2) is 18.4. The van der Waals surface area contributed by atoms with Gasteiger partial charge in [-0.3, -0.25) is 0 Å². The van der Waals surface area contributed by atoms with Gasteiger partial charge in [-0.1, -0.05) is 152 Å². The van der Waals surface area contributed by atoms with Gasteiger partial charge in [0.25, 0.3) is 6.71 Å². The molecule has 9 aromatic carbocycles. The minimum absolute atomic E-state index is 0.00403. The molecule has 0 atom stereocenters. The van der Waals surface area contributed by atoms with Crippen molar-refractivity contribution < 1.29 is 0 Å². The monoisotopic (exact) mass is 1040 g/mol. The Morgan fingerprint density at radius 3 is 1.20 bits per heavy atom. The first-order chi connectivity index (χ1) is 38.5. The van der Waals surface area contributed by atoms with Gasteiger partial charge in [0.1, 0.15) is 0 Å². The van der Waals surface area contributed by atoms with Gasteiger partial charge in [0, 0.05) is 62.6 Å². The molecule has 5 heteroatoms. The van der Waals surface area contributed by atoms with Crippen LogP contribution in [0.25, 0.3) is 0 Å². The molecule has 4 nitrogen and oxygen atoms in total. The molecule has 0 N–H and O–H groups in total. The van der Waals surface area contributed by atoms with Crippen LogP contribution in [0, 0.1) is 13.8 Å². The topological polar surface area (TPSA) is 13.0 Å². The number of hydrogen-bond donors (Lipinski definition) is 0. The second-order valence-corrected chi connectivity index (χ2v) is 26.7. The SMILES string of the molecule is Cc1cc2c(cc1N1c3cc4c(cc3B3c5ccc(N(c6ccccc6)c6ccccc6)cc5N(c5cc6c(cc5C)C(C)(C)CCC6(C)C)c5cc(N(c6ccccc6)c6ccccc6)cc1c53)C(C)(C)CCC4(C)C)CCC2. The van der Waals surface area contributed by atoms with Gasteiger partial charge >= 0.3 is 0 Å². The summed E-state index contributed by atoms with van der Waals surface area (Å²) in [6.07, 6.45) is 8.06. The maximum Gasteiger partial charge on any atom is 0.252 e. The molecular weight excluding hydrogens is 968 g/mol. The molecule has 5 aliphatic rings. The summed E-state index contributed by atoms with van der Waals surface area (Å²) >= 11 is 0. The lowest BCUT2D eigenvalue weighted by atomic mass is 9.33. The molecule has 80 heavy (non-hydrogen) atoms. The molecule has 0 spiro atoms. The van der Waals surface area contributed by atoms with E-state index in [-0.39, 0.29) is 28.4 Å².